The Morgan fingerprint density at radius 2 is 1.74 bits per heavy atom. The predicted octanol–water partition coefficient (Wildman–Crippen LogP) is 5.64. The van der Waals surface area contributed by atoms with Crippen molar-refractivity contribution in [3.8, 4) is 11.5 Å². The molecule has 2 amide bonds. The molecule has 184 valence electrons. The third kappa shape index (κ3) is 7.54. The van der Waals surface area contributed by atoms with Gasteiger partial charge in [0.1, 0.15) is 17.5 Å². The first-order chi connectivity index (χ1) is 16.4. The molecule has 0 saturated heterocycles. The molecule has 0 spiro atoms. The molecule has 1 aliphatic rings. The topological polar surface area (TPSA) is 67.9 Å². The van der Waals surface area contributed by atoms with Gasteiger partial charge < -0.3 is 19.7 Å². The summed E-state index contributed by atoms with van der Waals surface area (Å²) in [6.07, 6.45) is 5.01. The number of benzene rings is 2. The van der Waals surface area contributed by atoms with E-state index < -0.39 is 6.04 Å². The van der Waals surface area contributed by atoms with Crippen LogP contribution in [0.1, 0.15) is 51.0 Å². The molecule has 0 unspecified atom stereocenters. The molecule has 3 rings (SSSR count). The van der Waals surface area contributed by atoms with Gasteiger partial charge in [-0.15, -0.1) is 0 Å². The Kier molecular flexibility index (Phi) is 9.90. The van der Waals surface area contributed by atoms with Crippen molar-refractivity contribution in [3.05, 3.63) is 58.1 Å². The maximum absolute atomic E-state index is 13.2. The Morgan fingerprint density at radius 1 is 1.06 bits per heavy atom. The van der Waals surface area contributed by atoms with Gasteiger partial charge in [-0.05, 0) is 68.1 Å². The number of rotatable bonds is 11. The maximum Gasteiger partial charge on any atom is 0.242 e. The number of nitrogens with one attached hydrogen (secondary N) is 1. The normalized spacial score (nSPS) is 14.5. The predicted molar refractivity (Wildman–Crippen MR) is 135 cm³/mol. The van der Waals surface area contributed by atoms with E-state index in [1.54, 1.807) is 31.1 Å². The van der Waals surface area contributed by atoms with Crippen LogP contribution < -0.4 is 14.8 Å². The van der Waals surface area contributed by atoms with Crippen molar-refractivity contribution in [2.24, 2.45) is 0 Å². The van der Waals surface area contributed by atoms with Gasteiger partial charge in [-0.25, -0.2) is 0 Å². The van der Waals surface area contributed by atoms with E-state index in [4.69, 9.17) is 32.7 Å². The molecule has 8 heteroatoms. The lowest BCUT2D eigenvalue weighted by Gasteiger charge is -2.30. The molecule has 1 fully saturated rings. The molecule has 0 aromatic heterocycles. The van der Waals surface area contributed by atoms with Crippen molar-refractivity contribution in [2.75, 3.05) is 13.7 Å². The zero-order chi connectivity index (χ0) is 24.5. The highest BCUT2D eigenvalue weighted by atomic mass is 35.5. The van der Waals surface area contributed by atoms with Crippen LogP contribution >= 0.6 is 23.2 Å². The lowest BCUT2D eigenvalue weighted by Crippen LogP contribution is -2.49. The molecular formula is C26H32Cl2N2O4. The number of halogens is 2. The highest BCUT2D eigenvalue weighted by Gasteiger charge is 2.28. The highest BCUT2D eigenvalue weighted by molar-refractivity contribution is 6.42. The molecule has 0 radical (unpaired) electrons. The number of carbonyl (C=O) groups excluding carboxylic acids is 2. The Balaban J connectivity index is 1.61. The average Bonchev–Trinajstić information content (AvgIpc) is 3.35. The molecule has 0 bridgehead atoms. The van der Waals surface area contributed by atoms with E-state index in [0.717, 1.165) is 37.0 Å². The minimum Gasteiger partial charge on any atom is -0.497 e. The van der Waals surface area contributed by atoms with Gasteiger partial charge >= 0.3 is 0 Å². The van der Waals surface area contributed by atoms with Crippen LogP contribution in [-0.4, -0.2) is 42.5 Å². The molecule has 1 N–H and O–H groups in total. The van der Waals surface area contributed by atoms with Crippen LogP contribution in [0.15, 0.2) is 42.5 Å². The summed E-state index contributed by atoms with van der Waals surface area (Å²) in [5, 5.41) is 3.97. The second kappa shape index (κ2) is 12.9. The first kappa shape index (κ1) is 26.2. The Morgan fingerprint density at radius 3 is 2.38 bits per heavy atom. The van der Waals surface area contributed by atoms with Gasteiger partial charge in [0.2, 0.25) is 11.8 Å². The first-order valence-electron chi connectivity index (χ1n) is 11.7. The van der Waals surface area contributed by atoms with Crippen molar-refractivity contribution in [1.82, 2.24) is 10.2 Å². The summed E-state index contributed by atoms with van der Waals surface area (Å²) < 4.78 is 10.9. The summed E-state index contributed by atoms with van der Waals surface area (Å²) in [6.45, 7) is 2.43. The number of amides is 2. The van der Waals surface area contributed by atoms with Gasteiger partial charge in [-0.1, -0.05) is 42.1 Å². The van der Waals surface area contributed by atoms with Crippen LogP contribution in [0.3, 0.4) is 0 Å². The third-order valence-electron chi connectivity index (χ3n) is 6.07. The van der Waals surface area contributed by atoms with Gasteiger partial charge in [-0.3, -0.25) is 9.59 Å². The first-order valence-corrected chi connectivity index (χ1v) is 12.4. The van der Waals surface area contributed by atoms with E-state index in [-0.39, 0.29) is 30.8 Å². The second-order valence-corrected chi connectivity index (χ2v) is 9.38. The second-order valence-electron chi connectivity index (χ2n) is 8.56. The monoisotopic (exact) mass is 506 g/mol. The summed E-state index contributed by atoms with van der Waals surface area (Å²) in [6, 6.07) is 12.1. The molecule has 6 nitrogen and oxygen atoms in total. The van der Waals surface area contributed by atoms with Crippen molar-refractivity contribution in [2.45, 2.75) is 64.1 Å². The lowest BCUT2D eigenvalue weighted by molar-refractivity contribution is -0.141. The number of methoxy groups -OCH3 is 1. The SMILES string of the molecule is COc1ccc(OCCCC(=O)N(Cc2ccc(Cl)c(Cl)c2)[C@@H](C)C(=O)NC2CCCC2)cc1. The molecule has 2 aromatic carbocycles. The Labute approximate surface area is 211 Å². The van der Waals surface area contributed by atoms with Crippen LogP contribution in [0.2, 0.25) is 10.0 Å². The summed E-state index contributed by atoms with van der Waals surface area (Å²) in [5.74, 6) is 1.23. The largest absolute Gasteiger partial charge is 0.497 e. The molecular weight excluding hydrogens is 475 g/mol. The maximum atomic E-state index is 13.2. The molecule has 0 heterocycles. The number of ether oxygens (including phenoxy) is 2. The van der Waals surface area contributed by atoms with Gasteiger partial charge in [0, 0.05) is 19.0 Å². The quantitative estimate of drug-likeness (QED) is 0.400. The minimum atomic E-state index is -0.606. The average molecular weight is 507 g/mol. The fourth-order valence-electron chi connectivity index (χ4n) is 4.04. The molecule has 1 atom stereocenters. The number of nitrogens with zero attached hydrogens (tertiary/aromatic N) is 1. The van der Waals surface area contributed by atoms with Crippen LogP contribution in [0.25, 0.3) is 0 Å². The zero-order valence-corrected chi connectivity index (χ0v) is 21.2. The Hall–Kier alpha value is -2.44. The van der Waals surface area contributed by atoms with E-state index in [0.29, 0.717) is 28.8 Å². The van der Waals surface area contributed by atoms with Crippen LogP contribution in [0.5, 0.6) is 11.5 Å². The fourth-order valence-corrected chi connectivity index (χ4v) is 4.36. The fraction of sp³-hybridized carbons (Fsp3) is 0.462. The van der Waals surface area contributed by atoms with Crippen molar-refractivity contribution in [1.29, 1.82) is 0 Å². The molecule has 1 aliphatic carbocycles. The smallest absolute Gasteiger partial charge is 0.242 e. The van der Waals surface area contributed by atoms with E-state index >= 15 is 0 Å². The van der Waals surface area contributed by atoms with E-state index in [2.05, 4.69) is 5.32 Å². The zero-order valence-electron chi connectivity index (χ0n) is 19.7. The summed E-state index contributed by atoms with van der Waals surface area (Å²) in [5.41, 5.74) is 0.817. The van der Waals surface area contributed by atoms with Crippen LogP contribution in [-0.2, 0) is 16.1 Å². The number of carbonyl (C=O) groups is 2. The van der Waals surface area contributed by atoms with Gasteiger partial charge in [-0.2, -0.15) is 0 Å². The van der Waals surface area contributed by atoms with E-state index in [1.807, 2.05) is 30.3 Å². The molecule has 1 saturated carbocycles. The Bertz CT molecular complexity index is 962. The summed E-state index contributed by atoms with van der Waals surface area (Å²) >= 11 is 12.2. The lowest BCUT2D eigenvalue weighted by atomic mass is 10.1. The van der Waals surface area contributed by atoms with Crippen molar-refractivity contribution < 1.29 is 19.1 Å². The van der Waals surface area contributed by atoms with Crippen molar-refractivity contribution in [3.63, 3.8) is 0 Å². The van der Waals surface area contributed by atoms with E-state index in [9.17, 15) is 9.59 Å². The third-order valence-corrected chi connectivity index (χ3v) is 6.81. The van der Waals surface area contributed by atoms with Gasteiger partial charge in [0.05, 0.1) is 23.8 Å². The van der Waals surface area contributed by atoms with Crippen molar-refractivity contribution >= 4 is 35.0 Å². The highest BCUT2D eigenvalue weighted by Crippen LogP contribution is 2.24. The summed E-state index contributed by atoms with van der Waals surface area (Å²) in [4.78, 5) is 27.7. The number of hydrogen-bond acceptors (Lipinski definition) is 4. The van der Waals surface area contributed by atoms with Gasteiger partial charge in [0.15, 0.2) is 0 Å². The van der Waals surface area contributed by atoms with Gasteiger partial charge in [0.25, 0.3) is 0 Å². The van der Waals surface area contributed by atoms with Crippen LogP contribution in [0.4, 0.5) is 0 Å². The molecule has 34 heavy (non-hydrogen) atoms. The molecule has 2 aromatic rings. The standard InChI is InChI=1S/C26H32Cl2N2O4/c1-18(26(32)29-20-6-3-4-7-20)30(17-19-9-14-23(27)24(28)16-19)25(31)8-5-15-34-22-12-10-21(33-2)11-13-22/h9-14,16,18,20H,3-8,15,17H2,1-2H3,(H,29,32)/t18-/m0/s1. The minimum absolute atomic E-state index is 0.113. The van der Waals surface area contributed by atoms with Crippen LogP contribution in [0, 0.1) is 0 Å². The summed E-state index contributed by atoms with van der Waals surface area (Å²) in [7, 11) is 1.61. The van der Waals surface area contributed by atoms with E-state index in [1.165, 1.54) is 0 Å². The number of hydrogen-bond donors (Lipinski definition) is 1. The molecule has 0 aliphatic heterocycles.